The van der Waals surface area contributed by atoms with E-state index in [1.807, 2.05) is 13.8 Å². The van der Waals surface area contributed by atoms with E-state index in [1.165, 1.54) is 6.26 Å². The fourth-order valence-corrected chi connectivity index (χ4v) is 4.28. The first-order chi connectivity index (χ1) is 16.3. The molecule has 0 aliphatic carbocycles. The molecule has 1 fully saturated rings. The molecule has 1 unspecified atom stereocenters. The molecule has 3 aromatic rings. The first-order valence-electron chi connectivity index (χ1n) is 11.6. The number of fused-ring (bicyclic) bond motifs is 1. The first-order valence-corrected chi connectivity index (χ1v) is 12.0. The van der Waals surface area contributed by atoms with Crippen LogP contribution in [-0.2, 0) is 0 Å². The Morgan fingerprint density at radius 1 is 1.03 bits per heavy atom. The van der Waals surface area contributed by atoms with Crippen molar-refractivity contribution in [2.75, 3.05) is 45.9 Å². The van der Waals surface area contributed by atoms with Gasteiger partial charge in [-0.05, 0) is 55.8 Å². The van der Waals surface area contributed by atoms with Gasteiger partial charge in [-0.2, -0.15) is 0 Å². The molecule has 2 heterocycles. The molecule has 4 rings (SSSR count). The third-order valence-electron chi connectivity index (χ3n) is 6.18. The number of aliphatic hydroxyl groups excluding tert-OH is 1. The van der Waals surface area contributed by atoms with E-state index in [1.54, 1.807) is 30.3 Å². The summed E-state index contributed by atoms with van der Waals surface area (Å²) in [7, 11) is 0. The van der Waals surface area contributed by atoms with Gasteiger partial charge in [-0.1, -0.05) is 18.5 Å². The van der Waals surface area contributed by atoms with Gasteiger partial charge >= 0.3 is 0 Å². The van der Waals surface area contributed by atoms with Crippen LogP contribution in [0.15, 0.2) is 45.8 Å². The predicted octanol–water partition coefficient (Wildman–Crippen LogP) is 5.08. The zero-order valence-corrected chi connectivity index (χ0v) is 23.0. The molecule has 1 saturated heterocycles. The van der Waals surface area contributed by atoms with Crippen LogP contribution in [-0.4, -0.2) is 66.9 Å². The number of aliphatic hydroxyl groups is 1. The summed E-state index contributed by atoms with van der Waals surface area (Å²) in [6, 6.07) is 8.57. The highest BCUT2D eigenvalue weighted by molar-refractivity contribution is 6.32. The van der Waals surface area contributed by atoms with Crippen molar-refractivity contribution in [2.45, 2.75) is 26.9 Å². The van der Waals surface area contributed by atoms with Crippen LogP contribution in [0.5, 0.6) is 17.2 Å². The lowest BCUT2D eigenvalue weighted by Gasteiger charge is -2.34. The Morgan fingerprint density at radius 3 is 2.31 bits per heavy atom. The average molecular weight is 560 g/mol. The third-order valence-corrected chi connectivity index (χ3v) is 6.77. The van der Waals surface area contributed by atoms with Crippen molar-refractivity contribution in [3.05, 3.63) is 63.0 Å². The molecule has 1 aliphatic rings. The molecule has 10 heteroatoms. The van der Waals surface area contributed by atoms with Gasteiger partial charge in [-0.25, -0.2) is 0 Å². The molecule has 0 saturated carbocycles. The van der Waals surface area contributed by atoms with E-state index in [9.17, 15) is 9.90 Å². The summed E-state index contributed by atoms with van der Waals surface area (Å²) in [6.45, 7) is 11.7. The summed E-state index contributed by atoms with van der Waals surface area (Å²) in [5, 5.41) is 11.5. The molecule has 0 bridgehead atoms. The minimum Gasteiger partial charge on any atom is -0.491 e. The number of ether oxygens (including phenoxy) is 2. The lowest BCUT2D eigenvalue weighted by molar-refractivity contribution is 0.0471. The van der Waals surface area contributed by atoms with Crippen molar-refractivity contribution >= 4 is 47.4 Å². The topological polar surface area (TPSA) is 75.4 Å². The van der Waals surface area contributed by atoms with E-state index in [2.05, 4.69) is 16.7 Å². The average Bonchev–Trinajstić information content (AvgIpc) is 2.83. The molecule has 1 aromatic heterocycles. The van der Waals surface area contributed by atoms with E-state index in [4.69, 9.17) is 25.5 Å². The van der Waals surface area contributed by atoms with E-state index in [0.29, 0.717) is 34.0 Å². The van der Waals surface area contributed by atoms with E-state index in [-0.39, 0.29) is 42.6 Å². The maximum Gasteiger partial charge on any atom is 0.235 e. The minimum atomic E-state index is -0.599. The number of hydrogen-bond donors (Lipinski definition) is 1. The van der Waals surface area contributed by atoms with Crippen molar-refractivity contribution in [3.8, 4) is 17.2 Å². The van der Waals surface area contributed by atoms with Gasteiger partial charge in [0.15, 0.2) is 0 Å². The number of benzene rings is 2. The molecule has 2 aromatic carbocycles. The number of β-amino-alcohol motifs (C(OH)–C–C–N with tert-alkyl or cyclic N) is 1. The Kier molecular flexibility index (Phi) is 11.3. The number of nitrogens with zero attached hydrogens (tertiary/aromatic N) is 2. The maximum absolute atomic E-state index is 12.9. The normalized spacial score (nSPS) is 15.1. The molecule has 198 valence electrons. The highest BCUT2D eigenvalue weighted by Crippen LogP contribution is 2.29. The Balaban J connectivity index is 0.00000228. The van der Waals surface area contributed by atoms with Gasteiger partial charge in [-0.15, -0.1) is 24.8 Å². The fourth-order valence-electron chi connectivity index (χ4n) is 4.17. The highest BCUT2D eigenvalue weighted by atomic mass is 35.5. The number of aryl methyl sites for hydroxylation is 2. The third kappa shape index (κ3) is 7.28. The van der Waals surface area contributed by atoms with Crippen LogP contribution in [0, 0.1) is 13.8 Å². The summed E-state index contributed by atoms with van der Waals surface area (Å²) >= 11 is 6.21. The lowest BCUT2D eigenvalue weighted by atomic mass is 10.1. The summed E-state index contributed by atoms with van der Waals surface area (Å²) in [4.78, 5) is 17.6. The van der Waals surface area contributed by atoms with Gasteiger partial charge in [0.05, 0.1) is 5.39 Å². The van der Waals surface area contributed by atoms with Gasteiger partial charge < -0.3 is 23.9 Å². The van der Waals surface area contributed by atoms with E-state index in [0.717, 1.165) is 43.9 Å². The highest BCUT2D eigenvalue weighted by Gasteiger charge is 2.19. The van der Waals surface area contributed by atoms with Crippen molar-refractivity contribution in [3.63, 3.8) is 0 Å². The molecule has 1 aliphatic heterocycles. The Hall–Kier alpha value is -2.00. The van der Waals surface area contributed by atoms with Gasteiger partial charge in [0.2, 0.25) is 11.2 Å². The zero-order chi connectivity index (χ0) is 24.2. The van der Waals surface area contributed by atoms with Crippen LogP contribution in [0.3, 0.4) is 0 Å². The SMILES string of the molecule is CCN1CCN(CC(O)COc2ccc3c(=O)c(Oc4cc(C)c(Cl)c(C)c4)coc3c2)CC1.Cl.Cl. The van der Waals surface area contributed by atoms with Crippen molar-refractivity contribution in [2.24, 2.45) is 0 Å². The van der Waals surface area contributed by atoms with Crippen LogP contribution in [0.25, 0.3) is 11.0 Å². The van der Waals surface area contributed by atoms with Crippen LogP contribution in [0.2, 0.25) is 5.02 Å². The van der Waals surface area contributed by atoms with Gasteiger partial charge in [-0.3, -0.25) is 9.69 Å². The second kappa shape index (κ2) is 13.5. The number of hydrogen-bond acceptors (Lipinski definition) is 7. The van der Waals surface area contributed by atoms with E-state index < -0.39 is 6.10 Å². The molecule has 0 spiro atoms. The summed E-state index contributed by atoms with van der Waals surface area (Å²) in [5.74, 6) is 1.15. The van der Waals surface area contributed by atoms with Gasteiger partial charge in [0.1, 0.15) is 36.1 Å². The predicted molar refractivity (Wildman–Crippen MR) is 148 cm³/mol. The second-order valence-electron chi connectivity index (χ2n) is 8.76. The summed E-state index contributed by atoms with van der Waals surface area (Å²) in [6.07, 6.45) is 0.705. The number of halogens is 3. The smallest absolute Gasteiger partial charge is 0.235 e. The van der Waals surface area contributed by atoms with Gasteiger partial charge in [0, 0.05) is 43.8 Å². The summed E-state index contributed by atoms with van der Waals surface area (Å²) < 4.78 is 17.2. The molecule has 0 amide bonds. The molecular formula is C26H33Cl3N2O5. The zero-order valence-electron chi connectivity index (χ0n) is 20.7. The van der Waals surface area contributed by atoms with E-state index >= 15 is 0 Å². The van der Waals surface area contributed by atoms with Crippen molar-refractivity contribution in [1.29, 1.82) is 0 Å². The molecule has 0 radical (unpaired) electrons. The number of piperazine rings is 1. The number of likely N-dealkylation sites (N-methyl/N-ethyl adjacent to an activating group) is 1. The monoisotopic (exact) mass is 558 g/mol. The minimum absolute atomic E-state index is 0. The summed E-state index contributed by atoms with van der Waals surface area (Å²) in [5.41, 5.74) is 1.86. The quantitative estimate of drug-likeness (QED) is 0.413. The van der Waals surface area contributed by atoms with Crippen LogP contribution < -0.4 is 14.9 Å². The second-order valence-corrected chi connectivity index (χ2v) is 9.14. The lowest BCUT2D eigenvalue weighted by Crippen LogP contribution is -2.49. The van der Waals surface area contributed by atoms with Gasteiger partial charge in [0.25, 0.3) is 0 Å². The first kappa shape index (κ1) is 30.2. The van der Waals surface area contributed by atoms with Crippen molar-refractivity contribution in [1.82, 2.24) is 9.80 Å². The Bertz CT molecular complexity index is 1190. The van der Waals surface area contributed by atoms with Crippen LogP contribution >= 0.6 is 36.4 Å². The molecule has 7 nitrogen and oxygen atoms in total. The molecule has 36 heavy (non-hydrogen) atoms. The molecule has 1 N–H and O–H groups in total. The molecule has 1 atom stereocenters. The van der Waals surface area contributed by atoms with Crippen LogP contribution in [0.4, 0.5) is 0 Å². The Morgan fingerprint density at radius 2 is 1.67 bits per heavy atom. The fraction of sp³-hybridized carbons (Fsp3) is 0.423. The largest absolute Gasteiger partial charge is 0.491 e. The Labute approximate surface area is 228 Å². The molecular weight excluding hydrogens is 527 g/mol. The number of rotatable bonds is 8. The standard InChI is InChI=1S/C26H31ClN2O5.2ClH/c1-4-28-7-9-29(10-8-28)14-19(30)15-32-20-5-6-22-23(13-20)33-16-24(26(22)31)34-21-11-17(2)25(27)18(3)12-21;;/h5-6,11-13,16,19,30H,4,7-10,14-15H2,1-3H3;2*1H. The van der Waals surface area contributed by atoms with Crippen LogP contribution in [0.1, 0.15) is 18.1 Å². The maximum atomic E-state index is 12.9. The van der Waals surface area contributed by atoms with Crippen molar-refractivity contribution < 1.29 is 19.0 Å².